The van der Waals surface area contributed by atoms with Gasteiger partial charge in [-0.1, -0.05) is 152 Å². The van der Waals surface area contributed by atoms with Crippen molar-refractivity contribution in [3.63, 3.8) is 0 Å². The van der Waals surface area contributed by atoms with Crippen LogP contribution in [0.2, 0.25) is 0 Å². The number of fused-ring (bicyclic) bond motifs is 4. The van der Waals surface area contributed by atoms with Crippen LogP contribution in [-0.4, -0.2) is 8.97 Å². The lowest BCUT2D eigenvalue weighted by Crippen LogP contribution is -2.11. The van der Waals surface area contributed by atoms with Crippen molar-refractivity contribution >= 4 is 87.7 Å². The van der Waals surface area contributed by atoms with Crippen LogP contribution in [0.3, 0.4) is 0 Å². The summed E-state index contributed by atoms with van der Waals surface area (Å²) in [6.45, 7) is 0. The maximum absolute atomic E-state index is 2.55. The zero-order valence-electron chi connectivity index (χ0n) is 32.0. The Morgan fingerprint density at radius 3 is 1.58 bits per heavy atom. The minimum atomic E-state index is 1.10. The molecule has 0 unspecified atom stereocenters. The Hall–Kier alpha value is -7.88. The average molecular weight is 750 g/mol. The second-order valence-corrected chi connectivity index (χ2v) is 15.7. The third-order valence-corrected chi connectivity index (χ3v) is 12.6. The first-order chi connectivity index (χ1) is 29.3. The number of aromatic nitrogens is 2. The van der Waals surface area contributed by atoms with Gasteiger partial charge in [0.15, 0.2) is 0 Å². The lowest BCUT2D eigenvalue weighted by molar-refractivity contribution is 1.18. The van der Waals surface area contributed by atoms with E-state index in [-0.39, 0.29) is 0 Å². The van der Waals surface area contributed by atoms with E-state index in [1.807, 2.05) is 0 Å². The number of rotatable bonds is 6. The highest BCUT2D eigenvalue weighted by Gasteiger charge is 2.28. The van der Waals surface area contributed by atoms with Crippen molar-refractivity contribution in [2.75, 3.05) is 4.90 Å². The van der Waals surface area contributed by atoms with Crippen LogP contribution in [-0.2, 0) is 0 Å². The molecule has 3 aromatic heterocycles. The normalized spacial score (nSPS) is 12.1. The van der Waals surface area contributed by atoms with Gasteiger partial charge < -0.3 is 13.9 Å². The minimum Gasteiger partial charge on any atom is -0.310 e. The van der Waals surface area contributed by atoms with Crippen molar-refractivity contribution in [3.05, 3.63) is 212 Å². The van der Waals surface area contributed by atoms with E-state index >= 15 is 0 Å². The molecule has 0 fully saturated rings. The van der Waals surface area contributed by atoms with E-state index in [1.165, 1.54) is 92.9 Å². The molecule has 0 saturated heterocycles. The molecule has 0 amide bonds. The molecule has 59 heavy (non-hydrogen) atoms. The van der Waals surface area contributed by atoms with E-state index < -0.39 is 0 Å². The van der Waals surface area contributed by atoms with Crippen molar-refractivity contribution in [2.45, 2.75) is 0 Å². The third kappa shape index (κ3) is 4.58. The predicted molar refractivity (Wildman–Crippen MR) is 250 cm³/mol. The van der Waals surface area contributed by atoms with E-state index in [0.717, 1.165) is 22.7 Å². The van der Waals surface area contributed by atoms with E-state index in [4.69, 9.17) is 0 Å². The van der Waals surface area contributed by atoms with Crippen LogP contribution >= 0.6 is 0 Å². The standard InChI is InChI=1S/C56H35N3/c1-4-13-36(14-5-1)38-23-28-42(29-24-38)57(43-30-25-39(26-31-43)37-15-6-2-7-16-37)50-35-51-54-53-46(50)32-27-40-17-12-22-48(52(40)53)59-47-21-11-10-20-44(47)45-33-34-49(55(54)56(45)59)58(51)41-18-8-3-9-19-41/h1-35H. The van der Waals surface area contributed by atoms with Crippen LogP contribution in [0.4, 0.5) is 17.1 Å². The van der Waals surface area contributed by atoms with Gasteiger partial charge >= 0.3 is 0 Å². The van der Waals surface area contributed by atoms with Crippen LogP contribution < -0.4 is 4.90 Å². The Morgan fingerprint density at radius 2 is 0.898 bits per heavy atom. The van der Waals surface area contributed by atoms with Crippen LogP contribution in [0.25, 0.3) is 98.6 Å². The molecule has 3 heteroatoms. The van der Waals surface area contributed by atoms with Gasteiger partial charge in [-0.25, -0.2) is 0 Å². The molecule has 13 rings (SSSR count). The van der Waals surface area contributed by atoms with Crippen molar-refractivity contribution in [1.82, 2.24) is 8.97 Å². The van der Waals surface area contributed by atoms with Crippen molar-refractivity contribution in [1.29, 1.82) is 0 Å². The van der Waals surface area contributed by atoms with E-state index in [0.29, 0.717) is 0 Å². The molecule has 10 aromatic carbocycles. The summed E-state index contributed by atoms with van der Waals surface area (Å²) in [5, 5.41) is 10.2. The largest absolute Gasteiger partial charge is 0.310 e. The maximum atomic E-state index is 2.55. The van der Waals surface area contributed by atoms with Crippen molar-refractivity contribution in [2.24, 2.45) is 0 Å². The molecule has 0 spiro atoms. The first-order valence-corrected chi connectivity index (χ1v) is 20.4. The smallest absolute Gasteiger partial charge is 0.0641 e. The minimum absolute atomic E-state index is 1.10. The topological polar surface area (TPSA) is 12.6 Å². The highest BCUT2D eigenvalue weighted by Crippen LogP contribution is 2.51. The Labute approximate surface area is 340 Å². The summed E-state index contributed by atoms with van der Waals surface area (Å²) in [4.78, 5) is 2.47. The summed E-state index contributed by atoms with van der Waals surface area (Å²) < 4.78 is 5.04. The molecular formula is C56H35N3. The average Bonchev–Trinajstić information content (AvgIpc) is 3.78. The molecule has 3 nitrogen and oxygen atoms in total. The molecule has 0 saturated carbocycles. The van der Waals surface area contributed by atoms with Crippen LogP contribution in [0.5, 0.6) is 0 Å². The van der Waals surface area contributed by atoms with Crippen LogP contribution in [0.15, 0.2) is 212 Å². The van der Waals surface area contributed by atoms with Crippen LogP contribution in [0.1, 0.15) is 0 Å². The number of para-hydroxylation sites is 2. The molecule has 3 heterocycles. The molecule has 0 radical (unpaired) electrons. The summed E-state index contributed by atoms with van der Waals surface area (Å²) in [7, 11) is 0. The van der Waals surface area contributed by atoms with Gasteiger partial charge in [-0.05, 0) is 88.3 Å². The zero-order chi connectivity index (χ0) is 38.6. The molecule has 0 N–H and O–H groups in total. The molecular weight excluding hydrogens is 715 g/mol. The summed E-state index contributed by atoms with van der Waals surface area (Å²) >= 11 is 0. The van der Waals surface area contributed by atoms with E-state index in [9.17, 15) is 0 Å². The quantitative estimate of drug-likeness (QED) is 0.154. The molecule has 0 atom stereocenters. The van der Waals surface area contributed by atoms with Gasteiger partial charge in [0.25, 0.3) is 0 Å². The molecule has 0 aliphatic heterocycles. The van der Waals surface area contributed by atoms with Crippen LogP contribution in [0, 0.1) is 0 Å². The van der Waals surface area contributed by atoms with Gasteiger partial charge in [-0.2, -0.15) is 0 Å². The number of hydrogen-bond donors (Lipinski definition) is 0. The lowest BCUT2D eigenvalue weighted by Gasteiger charge is -2.28. The summed E-state index contributed by atoms with van der Waals surface area (Å²) in [6, 6.07) is 77.9. The third-order valence-electron chi connectivity index (χ3n) is 12.6. The molecule has 0 bridgehead atoms. The number of hydrogen-bond acceptors (Lipinski definition) is 1. The summed E-state index contributed by atoms with van der Waals surface area (Å²) in [6.07, 6.45) is 0. The Balaban J connectivity index is 1.19. The molecule has 274 valence electrons. The van der Waals surface area contributed by atoms with Gasteiger partial charge in [0, 0.05) is 54.8 Å². The number of nitrogens with zero attached hydrogens (tertiary/aromatic N) is 3. The fourth-order valence-corrected chi connectivity index (χ4v) is 10.1. The van der Waals surface area contributed by atoms with Gasteiger partial charge in [0.05, 0.1) is 33.3 Å². The van der Waals surface area contributed by atoms with Crippen molar-refractivity contribution < 1.29 is 0 Å². The summed E-state index contributed by atoms with van der Waals surface area (Å²) in [5.41, 5.74) is 15.4. The maximum Gasteiger partial charge on any atom is 0.0641 e. The number of anilines is 3. The van der Waals surface area contributed by atoms with E-state index in [1.54, 1.807) is 0 Å². The second kappa shape index (κ2) is 12.3. The first-order valence-electron chi connectivity index (χ1n) is 20.4. The molecule has 0 aliphatic carbocycles. The Bertz CT molecular complexity index is 3590. The second-order valence-electron chi connectivity index (χ2n) is 15.7. The fraction of sp³-hybridized carbons (Fsp3) is 0. The fourth-order valence-electron chi connectivity index (χ4n) is 10.1. The Morgan fingerprint density at radius 1 is 0.322 bits per heavy atom. The first kappa shape index (κ1) is 32.2. The van der Waals surface area contributed by atoms with Gasteiger partial charge in [0.2, 0.25) is 0 Å². The van der Waals surface area contributed by atoms with E-state index in [2.05, 4.69) is 226 Å². The lowest BCUT2D eigenvalue weighted by atomic mass is 9.94. The summed E-state index contributed by atoms with van der Waals surface area (Å²) in [5.74, 6) is 0. The van der Waals surface area contributed by atoms with Crippen molar-refractivity contribution in [3.8, 4) is 27.9 Å². The SMILES string of the molecule is c1ccc(-c2ccc(N(c3ccc(-c4ccccc4)cc3)c3cc4c5c6c3ccc3cccc(c36)n3c6ccccc6c6ccc(c5c63)n4-c3ccccc3)cc2)cc1. The van der Waals surface area contributed by atoms with Gasteiger partial charge in [-0.3, -0.25) is 0 Å². The number of benzene rings is 10. The van der Waals surface area contributed by atoms with Gasteiger partial charge in [-0.15, -0.1) is 0 Å². The highest BCUT2D eigenvalue weighted by atomic mass is 15.1. The highest BCUT2D eigenvalue weighted by molar-refractivity contribution is 6.39. The Kier molecular flexibility index (Phi) is 6.72. The zero-order valence-corrected chi connectivity index (χ0v) is 32.0. The van der Waals surface area contributed by atoms with Gasteiger partial charge in [0.1, 0.15) is 0 Å². The molecule has 0 aliphatic rings. The predicted octanol–water partition coefficient (Wildman–Crippen LogP) is 15.3. The molecule has 13 aromatic rings. The monoisotopic (exact) mass is 749 g/mol.